The number of rotatable bonds is 3. The lowest BCUT2D eigenvalue weighted by Gasteiger charge is -2.35. The number of hydrogen-bond donors (Lipinski definition) is 1. The van der Waals surface area contributed by atoms with Crippen LogP contribution in [-0.4, -0.2) is 40.2 Å². The van der Waals surface area contributed by atoms with Gasteiger partial charge in [0.2, 0.25) is 0 Å². The van der Waals surface area contributed by atoms with Crippen molar-refractivity contribution < 1.29 is 9.90 Å². The van der Waals surface area contributed by atoms with E-state index in [2.05, 4.69) is 21.3 Å². The number of nitrogens with zero attached hydrogens (tertiary/aromatic N) is 2. The summed E-state index contributed by atoms with van der Waals surface area (Å²) in [7, 11) is 0. The molecule has 0 aromatic carbocycles. The van der Waals surface area contributed by atoms with Gasteiger partial charge >= 0.3 is 5.97 Å². The van der Waals surface area contributed by atoms with E-state index in [1.54, 1.807) is 11.3 Å². The third kappa shape index (κ3) is 2.55. The van der Waals surface area contributed by atoms with Gasteiger partial charge in [-0.1, -0.05) is 0 Å². The maximum Gasteiger partial charge on any atom is 0.305 e. The van der Waals surface area contributed by atoms with Gasteiger partial charge < -0.3 is 10.0 Å². The molecule has 1 fully saturated rings. The number of pyridine rings is 1. The van der Waals surface area contributed by atoms with E-state index in [-0.39, 0.29) is 12.5 Å². The first-order valence-corrected chi connectivity index (χ1v) is 8.17. The number of fused-ring (bicyclic) bond motifs is 1. The summed E-state index contributed by atoms with van der Waals surface area (Å²) in [6.07, 6.45) is 1.99. The smallest absolute Gasteiger partial charge is 0.305 e. The maximum absolute atomic E-state index is 11.0. The normalized spacial score (nSPS) is 19.8. The molecule has 4 nitrogen and oxygen atoms in total. The highest BCUT2D eigenvalue weighted by atomic mass is 32.2. The Balaban J connectivity index is 1.97. The number of anilines is 1. The molecule has 2 aromatic rings. The fraction of sp³-hybridized carbons (Fsp3) is 0.385. The van der Waals surface area contributed by atoms with Gasteiger partial charge in [-0.2, -0.15) is 11.8 Å². The summed E-state index contributed by atoms with van der Waals surface area (Å²) in [4.78, 5) is 17.7. The molecule has 1 aliphatic heterocycles. The molecular formula is C13H14N2O2S2. The van der Waals surface area contributed by atoms with E-state index < -0.39 is 5.97 Å². The van der Waals surface area contributed by atoms with E-state index >= 15 is 0 Å². The third-order valence-corrected chi connectivity index (χ3v) is 5.24. The maximum atomic E-state index is 11.0. The van der Waals surface area contributed by atoms with Gasteiger partial charge in [-0.25, -0.2) is 4.98 Å². The highest BCUT2D eigenvalue weighted by Crippen LogP contribution is 2.32. The molecule has 3 rings (SSSR count). The average Bonchev–Trinajstić information content (AvgIpc) is 2.87. The molecule has 19 heavy (non-hydrogen) atoms. The second kappa shape index (κ2) is 5.38. The summed E-state index contributed by atoms with van der Waals surface area (Å²) in [6.45, 7) is 0.866. The number of hydrogen-bond acceptors (Lipinski definition) is 5. The van der Waals surface area contributed by atoms with Crippen molar-refractivity contribution in [3.8, 4) is 0 Å². The van der Waals surface area contributed by atoms with Crippen molar-refractivity contribution in [3.63, 3.8) is 0 Å². The first-order chi connectivity index (χ1) is 9.25. The van der Waals surface area contributed by atoms with Gasteiger partial charge in [0, 0.05) is 40.4 Å². The standard InChI is InChI=1S/C13H14N2O2S2/c16-12(17)7-9-8-18-6-4-15(9)13-10-2-5-19-11(10)1-3-14-13/h1-3,5,9H,4,6-8H2,(H,16,17). The summed E-state index contributed by atoms with van der Waals surface area (Å²) >= 11 is 3.51. The second-order valence-corrected chi connectivity index (χ2v) is 6.58. The van der Waals surface area contributed by atoms with Gasteiger partial charge in [0.1, 0.15) is 5.82 Å². The van der Waals surface area contributed by atoms with Crippen LogP contribution in [0, 0.1) is 0 Å². The number of carbonyl (C=O) groups is 1. The minimum absolute atomic E-state index is 0.0363. The van der Waals surface area contributed by atoms with E-state index in [4.69, 9.17) is 5.11 Å². The highest BCUT2D eigenvalue weighted by molar-refractivity contribution is 7.99. The van der Waals surface area contributed by atoms with Crippen LogP contribution < -0.4 is 4.90 Å². The van der Waals surface area contributed by atoms with Crippen molar-refractivity contribution in [3.05, 3.63) is 23.7 Å². The summed E-state index contributed by atoms with van der Waals surface area (Å²) < 4.78 is 1.21. The Morgan fingerprint density at radius 1 is 1.53 bits per heavy atom. The Kier molecular flexibility index (Phi) is 3.61. The van der Waals surface area contributed by atoms with Gasteiger partial charge in [-0.3, -0.25) is 4.79 Å². The Labute approximate surface area is 119 Å². The average molecular weight is 294 g/mol. The molecule has 0 bridgehead atoms. The predicted molar refractivity (Wildman–Crippen MR) is 80.3 cm³/mol. The molecule has 0 saturated carbocycles. The fourth-order valence-corrected chi connectivity index (χ4v) is 4.25. The van der Waals surface area contributed by atoms with E-state index in [1.165, 1.54) is 4.70 Å². The third-order valence-electron chi connectivity index (χ3n) is 3.27. The number of aromatic nitrogens is 1. The largest absolute Gasteiger partial charge is 0.481 e. The summed E-state index contributed by atoms with van der Waals surface area (Å²) in [6, 6.07) is 4.12. The van der Waals surface area contributed by atoms with Crippen LogP contribution in [0.2, 0.25) is 0 Å². The lowest BCUT2D eigenvalue weighted by atomic mass is 10.1. The zero-order chi connectivity index (χ0) is 13.2. The molecule has 0 radical (unpaired) electrons. The van der Waals surface area contributed by atoms with Crippen molar-refractivity contribution in [2.75, 3.05) is 23.0 Å². The predicted octanol–water partition coefficient (Wildman–Crippen LogP) is 2.69. The monoisotopic (exact) mass is 294 g/mol. The zero-order valence-corrected chi connectivity index (χ0v) is 11.9. The second-order valence-electron chi connectivity index (χ2n) is 4.49. The van der Waals surface area contributed by atoms with Crippen molar-refractivity contribution in [2.24, 2.45) is 0 Å². The molecule has 0 aliphatic carbocycles. The van der Waals surface area contributed by atoms with Gasteiger partial charge in [0.05, 0.1) is 6.42 Å². The molecule has 100 valence electrons. The van der Waals surface area contributed by atoms with Crippen molar-refractivity contribution >= 4 is 45.0 Å². The van der Waals surface area contributed by atoms with Crippen LogP contribution in [0.5, 0.6) is 0 Å². The van der Waals surface area contributed by atoms with Crippen molar-refractivity contribution in [1.29, 1.82) is 0 Å². The Morgan fingerprint density at radius 2 is 2.42 bits per heavy atom. The van der Waals surface area contributed by atoms with E-state index in [9.17, 15) is 4.79 Å². The fourth-order valence-electron chi connectivity index (χ4n) is 2.41. The van der Waals surface area contributed by atoms with Crippen LogP contribution in [0.3, 0.4) is 0 Å². The molecule has 1 saturated heterocycles. The van der Waals surface area contributed by atoms with Gasteiger partial charge in [-0.15, -0.1) is 11.3 Å². The number of thiophene rings is 1. The highest BCUT2D eigenvalue weighted by Gasteiger charge is 2.27. The molecule has 1 N–H and O–H groups in total. The van der Waals surface area contributed by atoms with Crippen LogP contribution in [0.15, 0.2) is 23.7 Å². The number of thioether (sulfide) groups is 1. The van der Waals surface area contributed by atoms with Crippen LogP contribution >= 0.6 is 23.1 Å². The Bertz CT molecular complexity index is 599. The van der Waals surface area contributed by atoms with Crippen LogP contribution in [0.4, 0.5) is 5.82 Å². The van der Waals surface area contributed by atoms with Gasteiger partial charge in [0.15, 0.2) is 0 Å². The molecule has 1 unspecified atom stereocenters. The van der Waals surface area contributed by atoms with E-state index in [0.717, 1.165) is 29.3 Å². The quantitative estimate of drug-likeness (QED) is 0.943. The molecular weight excluding hydrogens is 280 g/mol. The summed E-state index contributed by atoms with van der Waals surface area (Å²) in [5, 5.41) is 12.2. The molecule has 6 heteroatoms. The molecule has 3 heterocycles. The number of aliphatic carboxylic acids is 1. The zero-order valence-electron chi connectivity index (χ0n) is 10.3. The number of carboxylic acid groups (broad SMARTS) is 1. The van der Waals surface area contributed by atoms with Crippen molar-refractivity contribution in [2.45, 2.75) is 12.5 Å². The van der Waals surface area contributed by atoms with Gasteiger partial charge in [0.25, 0.3) is 0 Å². The topological polar surface area (TPSA) is 53.4 Å². The number of carboxylic acids is 1. The lowest BCUT2D eigenvalue weighted by molar-refractivity contribution is -0.137. The van der Waals surface area contributed by atoms with Crippen LogP contribution in [0.1, 0.15) is 6.42 Å². The Morgan fingerprint density at radius 3 is 3.26 bits per heavy atom. The summed E-state index contributed by atoms with van der Waals surface area (Å²) in [5.41, 5.74) is 0. The van der Waals surface area contributed by atoms with Crippen LogP contribution in [-0.2, 0) is 4.79 Å². The first kappa shape index (κ1) is 12.7. The Hall–Kier alpha value is -1.27. The molecule has 2 aromatic heterocycles. The van der Waals surface area contributed by atoms with Crippen molar-refractivity contribution in [1.82, 2.24) is 4.98 Å². The molecule has 1 aliphatic rings. The minimum atomic E-state index is -0.741. The molecule has 1 atom stereocenters. The molecule has 0 amide bonds. The lowest BCUT2D eigenvalue weighted by Crippen LogP contribution is -2.44. The van der Waals surface area contributed by atoms with E-state index in [0.29, 0.717) is 0 Å². The minimum Gasteiger partial charge on any atom is -0.481 e. The van der Waals surface area contributed by atoms with Gasteiger partial charge in [-0.05, 0) is 17.5 Å². The van der Waals surface area contributed by atoms with E-state index in [1.807, 2.05) is 24.0 Å². The first-order valence-electron chi connectivity index (χ1n) is 6.14. The van der Waals surface area contributed by atoms with Crippen LogP contribution in [0.25, 0.3) is 10.1 Å². The molecule has 0 spiro atoms. The summed E-state index contributed by atoms with van der Waals surface area (Å²) in [5.74, 6) is 2.08. The SMILES string of the molecule is O=C(O)CC1CSCCN1c1nccc2sccc12.